The van der Waals surface area contributed by atoms with Gasteiger partial charge in [-0.25, -0.2) is 0 Å². The average Bonchev–Trinajstić information content (AvgIpc) is 2.23. The van der Waals surface area contributed by atoms with Crippen LogP contribution in [0.5, 0.6) is 0 Å². The quantitative estimate of drug-likeness (QED) is 0.796. The average molecular weight is 228 g/mol. The van der Waals surface area contributed by atoms with Gasteiger partial charge in [0.2, 0.25) is 0 Å². The van der Waals surface area contributed by atoms with E-state index in [0.29, 0.717) is 24.4 Å². The zero-order valence-electron chi connectivity index (χ0n) is 10.4. The third-order valence-corrected chi connectivity index (χ3v) is 4.52. The van der Waals surface area contributed by atoms with Crippen LogP contribution >= 0.6 is 0 Å². The standard InChI is InChI=1S/C13H24O3/c1-10(2)12(7-14)13(8-16-9-13)11-3-5-15-6-4-11/h10-12,14H,3-9H2,1-2H3. The fourth-order valence-corrected chi connectivity index (χ4v) is 3.42. The van der Waals surface area contributed by atoms with Gasteiger partial charge in [-0.3, -0.25) is 0 Å². The fraction of sp³-hybridized carbons (Fsp3) is 1.00. The third-order valence-electron chi connectivity index (χ3n) is 4.52. The van der Waals surface area contributed by atoms with Crippen molar-refractivity contribution in [2.75, 3.05) is 33.0 Å². The number of rotatable bonds is 4. The van der Waals surface area contributed by atoms with Crippen molar-refractivity contribution in [2.45, 2.75) is 26.7 Å². The molecule has 1 atom stereocenters. The molecule has 1 N–H and O–H groups in total. The van der Waals surface area contributed by atoms with Crippen LogP contribution in [0.4, 0.5) is 0 Å². The summed E-state index contributed by atoms with van der Waals surface area (Å²) in [6.45, 7) is 8.13. The molecule has 0 spiro atoms. The van der Waals surface area contributed by atoms with Crippen LogP contribution < -0.4 is 0 Å². The van der Waals surface area contributed by atoms with Gasteiger partial charge in [-0.05, 0) is 30.6 Å². The van der Waals surface area contributed by atoms with E-state index in [9.17, 15) is 5.11 Å². The fourth-order valence-electron chi connectivity index (χ4n) is 3.42. The summed E-state index contributed by atoms with van der Waals surface area (Å²) < 4.78 is 10.9. The smallest absolute Gasteiger partial charge is 0.0551 e. The van der Waals surface area contributed by atoms with Gasteiger partial charge in [0, 0.05) is 25.2 Å². The van der Waals surface area contributed by atoms with E-state index in [4.69, 9.17) is 9.47 Å². The molecule has 2 heterocycles. The lowest BCUT2D eigenvalue weighted by molar-refractivity contribution is -0.207. The summed E-state index contributed by atoms with van der Waals surface area (Å²) in [5.41, 5.74) is 0.229. The molecule has 16 heavy (non-hydrogen) atoms. The van der Waals surface area contributed by atoms with E-state index in [1.165, 1.54) is 0 Å². The van der Waals surface area contributed by atoms with Crippen LogP contribution in [0.2, 0.25) is 0 Å². The first kappa shape index (κ1) is 12.3. The molecule has 0 aliphatic carbocycles. The second-order valence-electron chi connectivity index (χ2n) is 5.65. The zero-order chi connectivity index (χ0) is 11.6. The molecule has 0 radical (unpaired) electrons. The maximum Gasteiger partial charge on any atom is 0.0551 e. The Balaban J connectivity index is 2.10. The maximum atomic E-state index is 9.64. The van der Waals surface area contributed by atoms with Crippen LogP contribution in [0.3, 0.4) is 0 Å². The summed E-state index contributed by atoms with van der Waals surface area (Å²) in [6.07, 6.45) is 2.26. The highest BCUT2D eigenvalue weighted by molar-refractivity contribution is 4.98. The van der Waals surface area contributed by atoms with Gasteiger partial charge in [0.1, 0.15) is 0 Å². The summed E-state index contributed by atoms with van der Waals surface area (Å²) in [5.74, 6) is 1.58. The zero-order valence-corrected chi connectivity index (χ0v) is 10.4. The Morgan fingerprint density at radius 3 is 2.19 bits per heavy atom. The number of aliphatic hydroxyl groups is 1. The summed E-state index contributed by atoms with van der Waals surface area (Å²) in [7, 11) is 0. The summed E-state index contributed by atoms with van der Waals surface area (Å²) in [6, 6.07) is 0. The highest BCUT2D eigenvalue weighted by Gasteiger charge is 2.51. The molecule has 0 bridgehead atoms. The summed E-state index contributed by atoms with van der Waals surface area (Å²) >= 11 is 0. The van der Waals surface area contributed by atoms with Crippen molar-refractivity contribution in [3.63, 3.8) is 0 Å². The van der Waals surface area contributed by atoms with Crippen LogP contribution in [0, 0.1) is 23.2 Å². The largest absolute Gasteiger partial charge is 0.396 e. The van der Waals surface area contributed by atoms with Gasteiger partial charge in [-0.1, -0.05) is 13.8 Å². The highest BCUT2D eigenvalue weighted by atomic mass is 16.5. The molecule has 3 heteroatoms. The van der Waals surface area contributed by atoms with E-state index in [2.05, 4.69) is 13.8 Å². The molecule has 2 fully saturated rings. The van der Waals surface area contributed by atoms with Gasteiger partial charge in [-0.2, -0.15) is 0 Å². The Morgan fingerprint density at radius 1 is 1.19 bits per heavy atom. The number of aliphatic hydroxyl groups excluding tert-OH is 1. The molecule has 2 aliphatic rings. The minimum atomic E-state index is 0.229. The van der Waals surface area contributed by atoms with E-state index in [-0.39, 0.29) is 5.41 Å². The van der Waals surface area contributed by atoms with Crippen LogP contribution in [0.25, 0.3) is 0 Å². The van der Waals surface area contributed by atoms with Crippen LogP contribution in [0.15, 0.2) is 0 Å². The molecule has 2 saturated heterocycles. The van der Waals surface area contributed by atoms with Gasteiger partial charge >= 0.3 is 0 Å². The second kappa shape index (κ2) is 5.03. The van der Waals surface area contributed by atoms with Crippen LogP contribution in [0.1, 0.15) is 26.7 Å². The lowest BCUT2D eigenvalue weighted by Gasteiger charge is -2.54. The van der Waals surface area contributed by atoms with Crippen LogP contribution in [-0.4, -0.2) is 38.1 Å². The number of hydrogen-bond donors (Lipinski definition) is 1. The molecule has 2 aliphatic heterocycles. The topological polar surface area (TPSA) is 38.7 Å². The number of hydrogen-bond acceptors (Lipinski definition) is 3. The summed E-state index contributed by atoms with van der Waals surface area (Å²) in [4.78, 5) is 0. The summed E-state index contributed by atoms with van der Waals surface area (Å²) in [5, 5.41) is 9.64. The molecule has 94 valence electrons. The monoisotopic (exact) mass is 228 g/mol. The van der Waals surface area contributed by atoms with Crippen molar-refractivity contribution in [3.05, 3.63) is 0 Å². The predicted molar refractivity (Wildman–Crippen MR) is 62.2 cm³/mol. The Bertz CT molecular complexity index is 217. The van der Waals surface area contributed by atoms with Crippen molar-refractivity contribution in [3.8, 4) is 0 Å². The molecule has 0 amide bonds. The van der Waals surface area contributed by atoms with Gasteiger partial charge in [-0.15, -0.1) is 0 Å². The minimum absolute atomic E-state index is 0.229. The van der Waals surface area contributed by atoms with E-state index in [1.54, 1.807) is 0 Å². The Labute approximate surface area is 98.1 Å². The molecule has 0 aromatic heterocycles. The van der Waals surface area contributed by atoms with Gasteiger partial charge in [0.15, 0.2) is 0 Å². The third kappa shape index (κ3) is 2.01. The normalized spacial score (nSPS) is 27.8. The van der Waals surface area contributed by atoms with Crippen molar-refractivity contribution in [2.24, 2.45) is 23.2 Å². The molecule has 0 saturated carbocycles. The van der Waals surface area contributed by atoms with Gasteiger partial charge in [0.25, 0.3) is 0 Å². The Hall–Kier alpha value is -0.120. The minimum Gasteiger partial charge on any atom is -0.396 e. The van der Waals surface area contributed by atoms with E-state index < -0.39 is 0 Å². The van der Waals surface area contributed by atoms with Crippen molar-refractivity contribution in [1.82, 2.24) is 0 Å². The lowest BCUT2D eigenvalue weighted by Crippen LogP contribution is -2.57. The molecule has 0 aromatic carbocycles. The molecule has 0 aromatic rings. The van der Waals surface area contributed by atoms with Gasteiger partial charge in [0.05, 0.1) is 13.2 Å². The molecule has 3 nitrogen and oxygen atoms in total. The molecule has 1 unspecified atom stereocenters. The van der Waals surface area contributed by atoms with E-state index in [1.807, 2.05) is 0 Å². The second-order valence-corrected chi connectivity index (χ2v) is 5.65. The molecular weight excluding hydrogens is 204 g/mol. The Morgan fingerprint density at radius 2 is 1.81 bits per heavy atom. The first-order valence-electron chi connectivity index (χ1n) is 6.47. The number of ether oxygens (including phenoxy) is 2. The molecular formula is C13H24O3. The van der Waals surface area contributed by atoms with Crippen molar-refractivity contribution < 1.29 is 14.6 Å². The van der Waals surface area contributed by atoms with E-state index in [0.717, 1.165) is 39.3 Å². The van der Waals surface area contributed by atoms with Crippen molar-refractivity contribution in [1.29, 1.82) is 0 Å². The molecule has 2 rings (SSSR count). The Kier molecular flexibility index (Phi) is 3.88. The van der Waals surface area contributed by atoms with Gasteiger partial charge < -0.3 is 14.6 Å². The first-order chi connectivity index (χ1) is 7.70. The van der Waals surface area contributed by atoms with Crippen LogP contribution in [-0.2, 0) is 9.47 Å². The highest BCUT2D eigenvalue weighted by Crippen LogP contribution is 2.49. The first-order valence-corrected chi connectivity index (χ1v) is 6.47. The van der Waals surface area contributed by atoms with E-state index >= 15 is 0 Å². The van der Waals surface area contributed by atoms with Crippen molar-refractivity contribution >= 4 is 0 Å². The SMILES string of the molecule is CC(C)C(CO)C1(C2CCOCC2)COC1. The lowest BCUT2D eigenvalue weighted by atomic mass is 9.60. The predicted octanol–water partition coefficient (Wildman–Crippen LogP) is 1.69. The maximum absolute atomic E-state index is 9.64.